The highest BCUT2D eigenvalue weighted by Gasteiger charge is 2.28. The largest absolute Gasteiger partial charge is 0.493 e. The minimum atomic E-state index is -0.169. The normalized spacial score (nSPS) is 16.3. The van der Waals surface area contributed by atoms with Crippen LogP contribution < -0.4 is 0 Å². The second-order valence-electron chi connectivity index (χ2n) is 3.58. The Balaban J connectivity index is 2.33. The summed E-state index contributed by atoms with van der Waals surface area (Å²) in [6.07, 6.45) is 3.98. The molecule has 1 saturated carbocycles. The van der Waals surface area contributed by atoms with E-state index in [4.69, 9.17) is 0 Å². The van der Waals surface area contributed by atoms with E-state index in [1.54, 1.807) is 6.20 Å². The lowest BCUT2D eigenvalue weighted by atomic mass is 10.2. The van der Waals surface area contributed by atoms with E-state index >= 15 is 0 Å². The molecule has 72 valence electrons. The van der Waals surface area contributed by atoms with Gasteiger partial charge in [0, 0.05) is 5.56 Å². The first-order valence-electron chi connectivity index (χ1n) is 4.52. The van der Waals surface area contributed by atoms with Crippen molar-refractivity contribution in [1.82, 2.24) is 14.6 Å². The molecule has 0 saturated heterocycles. The Kier molecular flexibility index (Phi) is 1.29. The van der Waals surface area contributed by atoms with Gasteiger partial charge in [0.15, 0.2) is 5.65 Å². The zero-order valence-electron chi connectivity index (χ0n) is 7.38. The molecule has 0 radical (unpaired) electrons. The van der Waals surface area contributed by atoms with Crippen LogP contribution in [-0.4, -0.2) is 24.8 Å². The van der Waals surface area contributed by atoms with Crippen LogP contribution in [0.2, 0.25) is 0 Å². The molecule has 2 heterocycles. The molecule has 14 heavy (non-hydrogen) atoms. The third kappa shape index (κ3) is 0.951. The molecule has 0 aromatic carbocycles. The zero-order chi connectivity index (χ0) is 9.71. The SMILES string of the molecule is Oc1cc(O)n2ncc(C3CC3)c2n1. The van der Waals surface area contributed by atoms with Crippen LogP contribution in [-0.2, 0) is 0 Å². The summed E-state index contributed by atoms with van der Waals surface area (Å²) in [7, 11) is 0. The minimum absolute atomic E-state index is 0.0839. The molecule has 0 atom stereocenters. The van der Waals surface area contributed by atoms with Crippen molar-refractivity contribution < 1.29 is 10.2 Å². The average Bonchev–Trinajstić information content (AvgIpc) is 2.87. The first kappa shape index (κ1) is 7.61. The molecule has 0 unspecified atom stereocenters. The second-order valence-corrected chi connectivity index (χ2v) is 3.58. The summed E-state index contributed by atoms with van der Waals surface area (Å²) in [5.41, 5.74) is 1.57. The maximum atomic E-state index is 9.47. The summed E-state index contributed by atoms with van der Waals surface area (Å²) >= 11 is 0. The van der Waals surface area contributed by atoms with Gasteiger partial charge in [0.2, 0.25) is 11.8 Å². The lowest BCUT2D eigenvalue weighted by molar-refractivity contribution is 0.412. The second kappa shape index (κ2) is 2.37. The monoisotopic (exact) mass is 191 g/mol. The van der Waals surface area contributed by atoms with Crippen molar-refractivity contribution in [2.24, 2.45) is 0 Å². The van der Waals surface area contributed by atoms with Crippen molar-refractivity contribution in [3.63, 3.8) is 0 Å². The number of hydrogen-bond donors (Lipinski definition) is 2. The smallest absolute Gasteiger partial charge is 0.219 e. The molecule has 0 bridgehead atoms. The molecule has 2 N–H and O–H groups in total. The lowest BCUT2D eigenvalue weighted by Crippen LogP contribution is -1.91. The van der Waals surface area contributed by atoms with Gasteiger partial charge in [-0.05, 0) is 18.8 Å². The summed E-state index contributed by atoms with van der Waals surface area (Å²) in [6.45, 7) is 0. The highest BCUT2D eigenvalue weighted by Crippen LogP contribution is 2.42. The Morgan fingerprint density at radius 2 is 2.14 bits per heavy atom. The molecule has 0 spiro atoms. The molecule has 1 fully saturated rings. The molecule has 0 aliphatic heterocycles. The summed E-state index contributed by atoms with van der Waals surface area (Å²) in [5.74, 6) is 0.248. The summed E-state index contributed by atoms with van der Waals surface area (Å²) in [4.78, 5) is 3.95. The van der Waals surface area contributed by atoms with Crippen molar-refractivity contribution in [1.29, 1.82) is 0 Å². The Hall–Kier alpha value is -1.78. The number of fused-ring (bicyclic) bond motifs is 1. The Morgan fingerprint density at radius 1 is 1.36 bits per heavy atom. The third-order valence-corrected chi connectivity index (χ3v) is 2.48. The highest BCUT2D eigenvalue weighted by molar-refractivity contribution is 5.53. The van der Waals surface area contributed by atoms with Gasteiger partial charge >= 0.3 is 0 Å². The minimum Gasteiger partial charge on any atom is -0.493 e. The summed E-state index contributed by atoms with van der Waals surface area (Å²) in [5, 5.41) is 22.7. The van der Waals surface area contributed by atoms with Crippen LogP contribution in [0.3, 0.4) is 0 Å². The fraction of sp³-hybridized carbons (Fsp3) is 0.333. The van der Waals surface area contributed by atoms with Crippen molar-refractivity contribution in [3.05, 3.63) is 17.8 Å². The Morgan fingerprint density at radius 3 is 2.86 bits per heavy atom. The third-order valence-electron chi connectivity index (χ3n) is 2.48. The van der Waals surface area contributed by atoms with Crippen LogP contribution in [0.25, 0.3) is 5.65 Å². The van der Waals surface area contributed by atoms with Crippen LogP contribution in [0.5, 0.6) is 11.8 Å². The van der Waals surface area contributed by atoms with Crippen molar-refractivity contribution >= 4 is 5.65 Å². The first-order chi connectivity index (χ1) is 6.75. The average molecular weight is 191 g/mol. The van der Waals surface area contributed by atoms with Gasteiger partial charge in [-0.1, -0.05) is 0 Å². The molecular weight excluding hydrogens is 182 g/mol. The molecule has 0 amide bonds. The summed E-state index contributed by atoms with van der Waals surface area (Å²) in [6, 6.07) is 1.18. The van der Waals surface area contributed by atoms with E-state index in [0.29, 0.717) is 11.6 Å². The predicted octanol–water partition coefficient (Wildman–Crippen LogP) is 1.02. The van der Waals surface area contributed by atoms with Gasteiger partial charge in [0.1, 0.15) is 0 Å². The van der Waals surface area contributed by atoms with Crippen LogP contribution in [0, 0.1) is 0 Å². The molecular formula is C9H9N3O2. The quantitative estimate of drug-likeness (QED) is 0.705. The first-order valence-corrected chi connectivity index (χ1v) is 4.52. The number of rotatable bonds is 1. The molecule has 5 heteroatoms. The zero-order valence-corrected chi connectivity index (χ0v) is 7.38. The van der Waals surface area contributed by atoms with Gasteiger partial charge in [-0.2, -0.15) is 14.6 Å². The lowest BCUT2D eigenvalue weighted by Gasteiger charge is -1.99. The van der Waals surface area contributed by atoms with Crippen LogP contribution >= 0.6 is 0 Å². The van der Waals surface area contributed by atoms with Gasteiger partial charge < -0.3 is 10.2 Å². The molecule has 5 nitrogen and oxygen atoms in total. The van der Waals surface area contributed by atoms with Gasteiger partial charge in [-0.15, -0.1) is 0 Å². The van der Waals surface area contributed by atoms with Crippen molar-refractivity contribution in [2.45, 2.75) is 18.8 Å². The molecule has 1 aliphatic carbocycles. The summed E-state index contributed by atoms with van der Waals surface area (Å²) < 4.78 is 1.34. The molecule has 1 aliphatic rings. The maximum absolute atomic E-state index is 9.47. The topological polar surface area (TPSA) is 70.7 Å². The van der Waals surface area contributed by atoms with Crippen molar-refractivity contribution in [2.75, 3.05) is 0 Å². The standard InChI is InChI=1S/C9H9N3O2/c13-7-3-8(14)12-9(11-7)6(4-10-12)5-1-2-5/h3-5,14H,1-2H2,(H,11,13). The van der Waals surface area contributed by atoms with Gasteiger partial charge in [0.05, 0.1) is 12.3 Å². The van der Waals surface area contributed by atoms with Crippen molar-refractivity contribution in [3.8, 4) is 11.8 Å². The highest BCUT2D eigenvalue weighted by atomic mass is 16.3. The maximum Gasteiger partial charge on any atom is 0.219 e. The Bertz CT molecular complexity index is 502. The number of aromatic hydroxyl groups is 2. The van der Waals surface area contributed by atoms with Crippen LogP contribution in [0.15, 0.2) is 12.3 Å². The number of aromatic nitrogens is 3. The molecule has 2 aromatic rings. The van der Waals surface area contributed by atoms with E-state index < -0.39 is 0 Å². The van der Waals surface area contributed by atoms with E-state index in [-0.39, 0.29) is 11.8 Å². The molecule has 3 rings (SSSR count). The van der Waals surface area contributed by atoms with Gasteiger partial charge in [-0.25, -0.2) is 0 Å². The number of nitrogens with zero attached hydrogens (tertiary/aromatic N) is 3. The van der Waals surface area contributed by atoms with E-state index in [0.717, 1.165) is 18.4 Å². The van der Waals surface area contributed by atoms with Crippen LogP contribution in [0.4, 0.5) is 0 Å². The Labute approximate surface area is 79.6 Å². The van der Waals surface area contributed by atoms with Gasteiger partial charge in [0.25, 0.3) is 0 Å². The van der Waals surface area contributed by atoms with E-state index in [1.165, 1.54) is 10.6 Å². The fourth-order valence-corrected chi connectivity index (χ4v) is 1.63. The predicted molar refractivity (Wildman–Crippen MR) is 48.3 cm³/mol. The fourth-order valence-electron chi connectivity index (χ4n) is 1.63. The van der Waals surface area contributed by atoms with Gasteiger partial charge in [-0.3, -0.25) is 0 Å². The van der Waals surface area contributed by atoms with Crippen LogP contribution in [0.1, 0.15) is 24.3 Å². The van der Waals surface area contributed by atoms with E-state index in [9.17, 15) is 10.2 Å². The van der Waals surface area contributed by atoms with E-state index in [2.05, 4.69) is 10.1 Å². The number of hydrogen-bond acceptors (Lipinski definition) is 4. The van der Waals surface area contributed by atoms with E-state index in [1.807, 2.05) is 0 Å². The molecule has 2 aromatic heterocycles.